The van der Waals surface area contributed by atoms with E-state index in [1.165, 1.54) is 21.3 Å². The van der Waals surface area contributed by atoms with Gasteiger partial charge in [0.15, 0.2) is 0 Å². The number of methoxy groups -OCH3 is 3. The van der Waals surface area contributed by atoms with Gasteiger partial charge in [0.1, 0.15) is 28.2 Å². The summed E-state index contributed by atoms with van der Waals surface area (Å²) in [5.41, 5.74) is 1.99. The second kappa shape index (κ2) is 11.9. The maximum Gasteiger partial charge on any atom is 0.245 e. The van der Waals surface area contributed by atoms with Gasteiger partial charge in [-0.15, -0.1) is 0 Å². The Hall–Kier alpha value is -3.56. The summed E-state index contributed by atoms with van der Waals surface area (Å²) >= 11 is 0. The lowest BCUT2D eigenvalue weighted by molar-refractivity contribution is -0.117. The lowest BCUT2D eigenvalue weighted by atomic mass is 10.0. The Morgan fingerprint density at radius 1 is 0.861 bits per heavy atom. The Bertz CT molecular complexity index is 1290. The number of carbonyl (C=O) groups is 1. The average molecular weight is 513 g/mol. The van der Waals surface area contributed by atoms with Gasteiger partial charge in [-0.2, -0.15) is 4.72 Å². The van der Waals surface area contributed by atoms with Crippen molar-refractivity contribution >= 4 is 21.6 Å². The van der Waals surface area contributed by atoms with E-state index in [4.69, 9.17) is 14.2 Å². The van der Waals surface area contributed by atoms with Crippen molar-refractivity contribution < 1.29 is 27.4 Å². The molecule has 9 heteroatoms. The lowest BCUT2D eigenvalue weighted by Crippen LogP contribution is -2.45. The van der Waals surface area contributed by atoms with Gasteiger partial charge in [-0.25, -0.2) is 8.42 Å². The molecule has 0 bridgehead atoms. The molecule has 3 aromatic carbocycles. The van der Waals surface area contributed by atoms with Gasteiger partial charge in [0.25, 0.3) is 0 Å². The molecule has 1 amide bonds. The Morgan fingerprint density at radius 2 is 1.53 bits per heavy atom. The summed E-state index contributed by atoms with van der Waals surface area (Å²) < 4.78 is 45.6. The molecule has 0 aliphatic heterocycles. The molecular formula is C27H32N2O6S. The van der Waals surface area contributed by atoms with E-state index in [9.17, 15) is 13.2 Å². The maximum atomic E-state index is 13.6. The van der Waals surface area contributed by atoms with Crippen molar-refractivity contribution in [2.75, 3.05) is 26.6 Å². The fraction of sp³-hybridized carbons (Fsp3) is 0.296. The van der Waals surface area contributed by atoms with Crippen LogP contribution in [-0.4, -0.2) is 41.7 Å². The van der Waals surface area contributed by atoms with E-state index in [2.05, 4.69) is 10.0 Å². The van der Waals surface area contributed by atoms with E-state index in [1.54, 1.807) is 30.3 Å². The Morgan fingerprint density at radius 3 is 2.14 bits per heavy atom. The van der Waals surface area contributed by atoms with Crippen molar-refractivity contribution in [3.63, 3.8) is 0 Å². The van der Waals surface area contributed by atoms with E-state index >= 15 is 0 Å². The summed E-state index contributed by atoms with van der Waals surface area (Å²) in [6.07, 6.45) is 0.129. The molecule has 8 nitrogen and oxygen atoms in total. The second-order valence-corrected chi connectivity index (χ2v) is 10.2. The monoisotopic (exact) mass is 512 g/mol. The number of rotatable bonds is 11. The van der Waals surface area contributed by atoms with Crippen molar-refractivity contribution in [2.24, 2.45) is 0 Å². The third-order valence-corrected chi connectivity index (χ3v) is 7.20. The highest BCUT2D eigenvalue weighted by Gasteiger charge is 2.29. The van der Waals surface area contributed by atoms with Gasteiger partial charge in [-0.3, -0.25) is 4.79 Å². The van der Waals surface area contributed by atoms with E-state index in [0.29, 0.717) is 17.2 Å². The average Bonchev–Trinajstić information content (AvgIpc) is 2.88. The van der Waals surface area contributed by atoms with Crippen LogP contribution in [-0.2, 0) is 21.2 Å². The second-order valence-electron chi connectivity index (χ2n) is 8.48. The third kappa shape index (κ3) is 6.56. The molecule has 0 heterocycles. The van der Waals surface area contributed by atoms with Crippen molar-refractivity contribution in [1.29, 1.82) is 0 Å². The zero-order chi connectivity index (χ0) is 26.3. The largest absolute Gasteiger partial charge is 0.497 e. The van der Waals surface area contributed by atoms with Gasteiger partial charge in [-0.05, 0) is 47.7 Å². The van der Waals surface area contributed by atoms with Crippen LogP contribution < -0.4 is 24.2 Å². The smallest absolute Gasteiger partial charge is 0.245 e. The number of carbonyl (C=O) groups excluding carboxylic acids is 1. The molecule has 0 aromatic heterocycles. The molecule has 0 saturated heterocycles. The molecule has 0 fully saturated rings. The number of amides is 1. The predicted octanol–water partition coefficient (Wildman–Crippen LogP) is 4.36. The molecule has 1 unspecified atom stereocenters. The zero-order valence-electron chi connectivity index (χ0n) is 21.1. The lowest BCUT2D eigenvalue weighted by Gasteiger charge is -2.21. The van der Waals surface area contributed by atoms with Crippen LogP contribution >= 0.6 is 0 Å². The van der Waals surface area contributed by atoms with Gasteiger partial charge in [0.05, 0.1) is 27.0 Å². The fourth-order valence-corrected chi connectivity index (χ4v) is 5.08. The zero-order valence-corrected chi connectivity index (χ0v) is 21.9. The summed E-state index contributed by atoms with van der Waals surface area (Å²) in [5, 5.41) is 2.79. The summed E-state index contributed by atoms with van der Waals surface area (Å²) in [4.78, 5) is 13.4. The molecule has 1 atom stereocenters. The topological polar surface area (TPSA) is 103 Å². The molecule has 192 valence electrons. The quantitative estimate of drug-likeness (QED) is 0.396. The first-order chi connectivity index (χ1) is 17.2. The van der Waals surface area contributed by atoms with E-state index in [0.717, 1.165) is 11.1 Å². The van der Waals surface area contributed by atoms with Crippen molar-refractivity contribution in [3.05, 3.63) is 77.9 Å². The van der Waals surface area contributed by atoms with Crippen LogP contribution in [0.25, 0.3) is 0 Å². The first kappa shape index (κ1) is 27.0. The number of sulfonamides is 1. The van der Waals surface area contributed by atoms with Crippen LogP contribution in [0, 0.1) is 0 Å². The maximum absolute atomic E-state index is 13.6. The van der Waals surface area contributed by atoms with E-state index in [-0.39, 0.29) is 23.0 Å². The third-order valence-electron chi connectivity index (χ3n) is 5.70. The minimum atomic E-state index is -4.14. The van der Waals surface area contributed by atoms with Crippen molar-refractivity contribution in [2.45, 2.75) is 37.1 Å². The number of anilines is 1. The molecule has 3 aromatic rings. The first-order valence-corrected chi connectivity index (χ1v) is 12.9. The van der Waals surface area contributed by atoms with Crippen LogP contribution in [0.5, 0.6) is 17.2 Å². The van der Waals surface area contributed by atoms with Crippen LogP contribution in [0.1, 0.15) is 30.9 Å². The summed E-state index contributed by atoms with van der Waals surface area (Å²) in [5.74, 6) is 0.681. The molecular weight excluding hydrogens is 480 g/mol. The van der Waals surface area contributed by atoms with Gasteiger partial charge >= 0.3 is 0 Å². The number of hydrogen-bond acceptors (Lipinski definition) is 6. The van der Waals surface area contributed by atoms with E-state index < -0.39 is 22.0 Å². The summed E-state index contributed by atoms with van der Waals surface area (Å²) in [6, 6.07) is 18.1. The highest BCUT2D eigenvalue weighted by molar-refractivity contribution is 7.89. The molecule has 0 saturated carbocycles. The Labute approximate surface area is 212 Å². The van der Waals surface area contributed by atoms with Gasteiger partial charge in [-0.1, -0.05) is 50.2 Å². The van der Waals surface area contributed by atoms with Crippen molar-refractivity contribution in [1.82, 2.24) is 4.72 Å². The van der Waals surface area contributed by atoms with Crippen LogP contribution in [0.2, 0.25) is 0 Å². The SMILES string of the molecule is COc1ccc(OC)c(NC(=O)C(Cc2ccccc2)NS(=O)(=O)c2cc(C(C)C)ccc2OC)c1. The molecule has 36 heavy (non-hydrogen) atoms. The van der Waals surface area contributed by atoms with Gasteiger partial charge in [0.2, 0.25) is 15.9 Å². The minimum Gasteiger partial charge on any atom is -0.497 e. The predicted molar refractivity (Wildman–Crippen MR) is 140 cm³/mol. The van der Waals surface area contributed by atoms with Crippen LogP contribution in [0.15, 0.2) is 71.6 Å². The standard InChI is InChI=1S/C27H32N2O6S/c1-18(2)20-11-13-25(35-5)26(16-20)36(31,32)29-23(15-19-9-7-6-8-10-19)27(30)28-22-17-21(33-3)12-14-24(22)34-4/h6-14,16-18,23,29H,15H2,1-5H3,(H,28,30). The number of nitrogens with one attached hydrogen (secondary N) is 2. The highest BCUT2D eigenvalue weighted by Crippen LogP contribution is 2.30. The van der Waals surface area contributed by atoms with Crippen LogP contribution in [0.4, 0.5) is 5.69 Å². The molecule has 0 radical (unpaired) electrons. The molecule has 0 spiro atoms. The van der Waals surface area contributed by atoms with Crippen LogP contribution in [0.3, 0.4) is 0 Å². The number of ether oxygens (including phenoxy) is 3. The molecule has 3 rings (SSSR count). The van der Waals surface area contributed by atoms with E-state index in [1.807, 2.05) is 50.2 Å². The summed E-state index contributed by atoms with van der Waals surface area (Å²) in [6.45, 7) is 3.94. The highest BCUT2D eigenvalue weighted by atomic mass is 32.2. The molecule has 2 N–H and O–H groups in total. The van der Waals surface area contributed by atoms with Gasteiger partial charge < -0.3 is 19.5 Å². The first-order valence-electron chi connectivity index (χ1n) is 11.5. The Kier molecular flexibility index (Phi) is 8.95. The fourth-order valence-electron chi connectivity index (χ4n) is 3.68. The molecule has 0 aliphatic carbocycles. The summed E-state index contributed by atoms with van der Waals surface area (Å²) in [7, 11) is 0.267. The Balaban J connectivity index is 1.99. The number of benzene rings is 3. The molecule has 0 aliphatic rings. The minimum absolute atomic E-state index is 0.0268. The van der Waals surface area contributed by atoms with Gasteiger partial charge in [0, 0.05) is 6.07 Å². The van der Waals surface area contributed by atoms with Crippen molar-refractivity contribution in [3.8, 4) is 17.2 Å². The number of hydrogen-bond donors (Lipinski definition) is 2. The normalized spacial score (nSPS) is 12.2.